The molecular formula is C30H37N3O10. The van der Waals surface area contributed by atoms with E-state index in [1.54, 1.807) is 68.4 Å². The molecule has 1 aromatic carbocycles. The third-order valence-electron chi connectivity index (χ3n) is 6.00. The van der Waals surface area contributed by atoms with E-state index in [0.717, 1.165) is 9.80 Å². The number of ether oxygens (including phenoxy) is 4. The van der Waals surface area contributed by atoms with E-state index >= 15 is 0 Å². The predicted octanol–water partition coefficient (Wildman–Crippen LogP) is 5.67. The maximum Gasteiger partial charge on any atom is 0.508 e. The van der Waals surface area contributed by atoms with Crippen LogP contribution in [0.4, 0.5) is 20.1 Å². The van der Waals surface area contributed by atoms with Crippen molar-refractivity contribution in [2.24, 2.45) is 0 Å². The SMILES string of the molecule is CC(C)(C)OC(=O)OC[C@@H]1CN(C(=O)OC(C)(C)C)c2c(oc3ccc4c(ccc[n+]4[O-])c23)C(=O)N1C(=O)OC(C)(C)C. The number of nitrogens with zero attached hydrogens (tertiary/aromatic N) is 3. The van der Waals surface area contributed by atoms with Crippen molar-refractivity contribution >= 4 is 51.8 Å². The Labute approximate surface area is 248 Å². The first kappa shape index (κ1) is 31.4. The summed E-state index contributed by atoms with van der Waals surface area (Å²) in [7, 11) is 0. The Morgan fingerprint density at radius 3 is 2.14 bits per heavy atom. The van der Waals surface area contributed by atoms with Crippen molar-refractivity contribution in [1.82, 2.24) is 4.90 Å². The molecule has 13 nitrogen and oxygen atoms in total. The van der Waals surface area contributed by atoms with Crippen molar-refractivity contribution in [1.29, 1.82) is 0 Å². The van der Waals surface area contributed by atoms with Crippen molar-refractivity contribution in [2.75, 3.05) is 18.1 Å². The Hall–Kier alpha value is -4.55. The standard InChI is InChI=1S/C30H37N3O10/c1-28(2,3)41-25(35)31-15-17(16-39-27(37)43-30(7,8)9)33(26(36)42-29(4,5)6)24(34)23-22(31)21-18-11-10-14-32(38)19(18)12-13-20(21)40-23/h10-14,17H,15-16H2,1-9H3/t17-/m0/s1. The van der Waals surface area contributed by atoms with Crippen LogP contribution in [0, 0.1) is 5.21 Å². The molecule has 0 saturated carbocycles. The molecule has 3 amide bonds. The van der Waals surface area contributed by atoms with Crippen LogP contribution >= 0.6 is 0 Å². The number of carbonyl (C=O) groups is 4. The second kappa shape index (κ2) is 10.9. The largest absolute Gasteiger partial charge is 0.618 e. The van der Waals surface area contributed by atoms with E-state index in [0.29, 0.717) is 10.1 Å². The molecule has 4 rings (SSSR count). The maximum atomic E-state index is 14.2. The molecule has 0 radical (unpaired) electrons. The number of pyridine rings is 1. The molecule has 0 unspecified atom stereocenters. The predicted molar refractivity (Wildman–Crippen MR) is 155 cm³/mol. The topological polar surface area (TPSA) is 152 Å². The van der Waals surface area contributed by atoms with Gasteiger partial charge in [0, 0.05) is 12.1 Å². The zero-order chi connectivity index (χ0) is 32.1. The first-order valence-electron chi connectivity index (χ1n) is 13.8. The van der Waals surface area contributed by atoms with E-state index < -0.39 is 53.7 Å². The summed E-state index contributed by atoms with van der Waals surface area (Å²) in [5, 5.41) is 13.3. The van der Waals surface area contributed by atoms with Gasteiger partial charge in [-0.25, -0.2) is 19.3 Å². The molecular weight excluding hydrogens is 562 g/mol. The van der Waals surface area contributed by atoms with Crippen molar-refractivity contribution < 1.29 is 47.3 Å². The smallest absolute Gasteiger partial charge is 0.508 e. The van der Waals surface area contributed by atoms with E-state index in [1.165, 1.54) is 24.4 Å². The number of amides is 3. The highest BCUT2D eigenvalue weighted by atomic mass is 16.7. The Morgan fingerprint density at radius 2 is 1.53 bits per heavy atom. The van der Waals surface area contributed by atoms with Gasteiger partial charge in [0.05, 0.1) is 23.4 Å². The average Bonchev–Trinajstić information content (AvgIpc) is 3.17. The Bertz CT molecular complexity index is 1590. The summed E-state index contributed by atoms with van der Waals surface area (Å²) in [6.07, 6.45) is -1.63. The minimum absolute atomic E-state index is 0.000577. The van der Waals surface area contributed by atoms with Crippen molar-refractivity contribution in [3.63, 3.8) is 0 Å². The number of rotatable bonds is 2. The van der Waals surface area contributed by atoms with Gasteiger partial charge in [0.1, 0.15) is 34.7 Å². The van der Waals surface area contributed by atoms with Gasteiger partial charge < -0.3 is 28.6 Å². The van der Waals surface area contributed by atoms with Crippen LogP contribution in [0.5, 0.6) is 0 Å². The van der Waals surface area contributed by atoms with Gasteiger partial charge in [-0.05, 0) is 74.4 Å². The number of aromatic nitrogens is 1. The van der Waals surface area contributed by atoms with Gasteiger partial charge in [-0.15, -0.1) is 0 Å². The number of hydrogen-bond donors (Lipinski definition) is 0. The molecule has 0 N–H and O–H groups in total. The third kappa shape index (κ3) is 6.92. The lowest BCUT2D eigenvalue weighted by Crippen LogP contribution is -2.53. The highest BCUT2D eigenvalue weighted by Gasteiger charge is 2.46. The Balaban J connectivity index is 1.93. The Morgan fingerprint density at radius 1 is 0.930 bits per heavy atom. The van der Waals surface area contributed by atoms with Crippen molar-refractivity contribution in [3.05, 3.63) is 41.4 Å². The first-order valence-corrected chi connectivity index (χ1v) is 13.8. The van der Waals surface area contributed by atoms with Crippen LogP contribution in [-0.4, -0.2) is 65.1 Å². The second-order valence-electron chi connectivity index (χ2n) is 13.2. The highest BCUT2D eigenvalue weighted by Crippen LogP contribution is 2.41. The number of imide groups is 1. The fraction of sp³-hybridized carbons (Fsp3) is 0.500. The van der Waals surface area contributed by atoms with Crippen molar-refractivity contribution in [2.45, 2.75) is 85.2 Å². The van der Waals surface area contributed by atoms with Crippen molar-refractivity contribution in [3.8, 4) is 0 Å². The Kier molecular flexibility index (Phi) is 7.98. The maximum absolute atomic E-state index is 14.2. The molecule has 1 aliphatic rings. The molecule has 0 bridgehead atoms. The summed E-state index contributed by atoms with van der Waals surface area (Å²) < 4.78 is 28.5. The molecule has 3 heterocycles. The monoisotopic (exact) mass is 599 g/mol. The molecule has 1 aliphatic heterocycles. The lowest BCUT2D eigenvalue weighted by Gasteiger charge is -2.32. The van der Waals surface area contributed by atoms with Crippen LogP contribution in [0.2, 0.25) is 0 Å². The molecule has 1 atom stereocenters. The summed E-state index contributed by atoms with van der Waals surface area (Å²) >= 11 is 0. The van der Waals surface area contributed by atoms with E-state index in [-0.39, 0.29) is 34.5 Å². The number of furan rings is 1. The van der Waals surface area contributed by atoms with Crippen LogP contribution in [-0.2, 0) is 18.9 Å². The minimum Gasteiger partial charge on any atom is -0.618 e. The lowest BCUT2D eigenvalue weighted by atomic mass is 10.1. The molecule has 0 spiro atoms. The van der Waals surface area contributed by atoms with E-state index in [1.807, 2.05) is 0 Å². The molecule has 3 aromatic rings. The summed E-state index contributed by atoms with van der Waals surface area (Å²) in [6, 6.07) is 4.95. The van der Waals surface area contributed by atoms with Gasteiger partial charge in [-0.2, -0.15) is 4.73 Å². The normalized spacial score (nSPS) is 16.1. The van der Waals surface area contributed by atoms with Gasteiger partial charge in [0.15, 0.2) is 6.20 Å². The quantitative estimate of drug-likeness (QED) is 0.156. The number of anilines is 1. The number of carbonyl (C=O) groups excluding carboxylic acids is 4. The summed E-state index contributed by atoms with van der Waals surface area (Å²) in [5.74, 6) is -1.30. The van der Waals surface area contributed by atoms with Crippen LogP contribution < -0.4 is 9.63 Å². The molecule has 2 aromatic heterocycles. The third-order valence-corrected chi connectivity index (χ3v) is 6.00. The zero-order valence-corrected chi connectivity index (χ0v) is 25.8. The summed E-state index contributed by atoms with van der Waals surface area (Å²) in [6.45, 7) is 14.0. The van der Waals surface area contributed by atoms with E-state index in [9.17, 15) is 24.4 Å². The first-order chi connectivity index (χ1) is 19.8. The summed E-state index contributed by atoms with van der Waals surface area (Å²) in [5.41, 5.74) is -2.37. The van der Waals surface area contributed by atoms with Crippen LogP contribution in [0.1, 0.15) is 72.9 Å². The molecule has 0 saturated heterocycles. The van der Waals surface area contributed by atoms with Crippen LogP contribution in [0.3, 0.4) is 0 Å². The minimum atomic E-state index is -1.25. The van der Waals surface area contributed by atoms with Crippen LogP contribution in [0.25, 0.3) is 21.9 Å². The molecule has 232 valence electrons. The number of benzene rings is 1. The van der Waals surface area contributed by atoms with Gasteiger partial charge in [-0.1, -0.05) is 0 Å². The molecule has 0 fully saturated rings. The number of hydrogen-bond acceptors (Lipinski definition) is 10. The molecule has 13 heteroatoms. The van der Waals surface area contributed by atoms with Gasteiger partial charge in [0.2, 0.25) is 11.3 Å². The lowest BCUT2D eigenvalue weighted by molar-refractivity contribution is -0.576. The summed E-state index contributed by atoms with van der Waals surface area (Å²) in [4.78, 5) is 55.9. The van der Waals surface area contributed by atoms with Gasteiger partial charge in [0.25, 0.3) is 0 Å². The van der Waals surface area contributed by atoms with E-state index in [4.69, 9.17) is 23.4 Å². The fourth-order valence-corrected chi connectivity index (χ4v) is 4.51. The highest BCUT2D eigenvalue weighted by molar-refractivity contribution is 6.20. The van der Waals surface area contributed by atoms with E-state index in [2.05, 4.69) is 0 Å². The fourth-order valence-electron chi connectivity index (χ4n) is 4.51. The zero-order valence-electron chi connectivity index (χ0n) is 25.8. The number of fused-ring (bicyclic) bond motifs is 5. The molecule has 0 aliphatic carbocycles. The van der Waals surface area contributed by atoms with Gasteiger partial charge in [-0.3, -0.25) is 9.69 Å². The van der Waals surface area contributed by atoms with Gasteiger partial charge >= 0.3 is 24.2 Å². The van der Waals surface area contributed by atoms with Crippen LogP contribution in [0.15, 0.2) is 34.9 Å². The second-order valence-corrected chi connectivity index (χ2v) is 13.2. The average molecular weight is 600 g/mol. The molecule has 43 heavy (non-hydrogen) atoms.